The van der Waals surface area contributed by atoms with Crippen LogP contribution in [0, 0.1) is 0 Å². The lowest BCUT2D eigenvalue weighted by Crippen LogP contribution is -2.26. The Bertz CT molecular complexity index is 352. The van der Waals surface area contributed by atoms with Crippen molar-refractivity contribution < 1.29 is 0 Å². The number of hydrogen-bond donors (Lipinski definition) is 1. The number of rotatable bonds is 2. The van der Waals surface area contributed by atoms with Gasteiger partial charge in [0.05, 0.1) is 0 Å². The number of nitrogens with zero attached hydrogens (tertiary/aromatic N) is 1. The van der Waals surface area contributed by atoms with E-state index in [1.165, 1.54) is 5.56 Å². The topological polar surface area (TPSA) is 24.4 Å². The van der Waals surface area contributed by atoms with Gasteiger partial charge in [0.15, 0.2) is 5.17 Å². The van der Waals surface area contributed by atoms with Crippen molar-refractivity contribution in [3.8, 4) is 0 Å². The van der Waals surface area contributed by atoms with Crippen LogP contribution in [0.5, 0.6) is 0 Å². The Labute approximate surface area is 111 Å². The van der Waals surface area contributed by atoms with Crippen molar-refractivity contribution >= 4 is 40.9 Å². The Hall–Kier alpha value is -0.380. The Morgan fingerprint density at radius 2 is 2.06 bits per heavy atom. The van der Waals surface area contributed by atoms with Crippen LogP contribution in [0.25, 0.3) is 0 Å². The molecule has 0 unspecified atom stereocenters. The van der Waals surface area contributed by atoms with Gasteiger partial charge >= 0.3 is 0 Å². The molecule has 0 atom stereocenters. The summed E-state index contributed by atoms with van der Waals surface area (Å²) < 4.78 is 0. The molecule has 0 spiro atoms. The Morgan fingerprint density at radius 3 is 2.69 bits per heavy atom. The smallest absolute Gasteiger partial charge is 0.156 e. The lowest BCUT2D eigenvalue weighted by molar-refractivity contribution is 0.751. The fourth-order valence-electron chi connectivity index (χ4n) is 1.34. The minimum atomic E-state index is 0. The minimum Gasteiger partial charge on any atom is -0.365 e. The van der Waals surface area contributed by atoms with Gasteiger partial charge in [-0.05, 0) is 24.1 Å². The molecule has 2 rings (SSSR count). The first-order valence-corrected chi connectivity index (χ1v) is 6.36. The molecule has 0 radical (unpaired) electrons. The van der Waals surface area contributed by atoms with E-state index in [0.29, 0.717) is 0 Å². The molecule has 0 saturated heterocycles. The van der Waals surface area contributed by atoms with Gasteiger partial charge in [0, 0.05) is 23.9 Å². The zero-order valence-corrected chi connectivity index (χ0v) is 11.2. The summed E-state index contributed by atoms with van der Waals surface area (Å²) in [6.45, 7) is 2.00. The molecule has 0 fully saturated rings. The summed E-state index contributed by atoms with van der Waals surface area (Å²) >= 11 is 7.57. The molecule has 0 aliphatic carbocycles. The molecule has 1 N–H and O–H groups in total. The van der Waals surface area contributed by atoms with Crippen LogP contribution in [-0.4, -0.2) is 18.3 Å². The highest BCUT2D eigenvalue weighted by atomic mass is 35.5. The van der Waals surface area contributed by atoms with E-state index in [2.05, 4.69) is 22.4 Å². The molecule has 0 amide bonds. The second-order valence-corrected chi connectivity index (χ2v) is 4.78. The van der Waals surface area contributed by atoms with Crippen molar-refractivity contribution in [2.75, 3.05) is 13.1 Å². The van der Waals surface area contributed by atoms with Gasteiger partial charge in [-0.2, -0.15) is 0 Å². The second-order valence-electron chi connectivity index (χ2n) is 3.38. The fraction of sp³-hybridized carbons (Fsp3) is 0.364. The van der Waals surface area contributed by atoms with Crippen molar-refractivity contribution in [2.45, 2.75) is 12.2 Å². The summed E-state index contributed by atoms with van der Waals surface area (Å²) in [6, 6.07) is 7.96. The van der Waals surface area contributed by atoms with Gasteiger partial charge in [0.2, 0.25) is 0 Å². The maximum atomic E-state index is 5.82. The van der Waals surface area contributed by atoms with Gasteiger partial charge in [-0.3, -0.25) is 4.99 Å². The molecule has 1 aliphatic heterocycles. The van der Waals surface area contributed by atoms with Crippen LogP contribution < -0.4 is 5.32 Å². The number of nitrogens with one attached hydrogen (secondary N) is 1. The standard InChI is InChI=1S/C11H13ClN2S.ClH/c12-10-4-2-9(3-5-10)8-15-11-13-6-1-7-14-11;/h2-5H,1,6-8H2,(H,13,14);1H. The molecule has 88 valence electrons. The van der Waals surface area contributed by atoms with Crippen LogP contribution in [0.3, 0.4) is 0 Å². The largest absolute Gasteiger partial charge is 0.365 e. The second kappa shape index (κ2) is 7.05. The fourth-order valence-corrected chi connectivity index (χ4v) is 2.35. The highest BCUT2D eigenvalue weighted by Gasteiger charge is 2.04. The predicted molar refractivity (Wildman–Crippen MR) is 74.9 cm³/mol. The molecule has 2 nitrogen and oxygen atoms in total. The van der Waals surface area contributed by atoms with Crippen molar-refractivity contribution in [1.29, 1.82) is 0 Å². The lowest BCUT2D eigenvalue weighted by Gasteiger charge is -2.13. The van der Waals surface area contributed by atoms with Crippen molar-refractivity contribution in [3.63, 3.8) is 0 Å². The Balaban J connectivity index is 0.00000128. The van der Waals surface area contributed by atoms with Gasteiger partial charge in [-0.1, -0.05) is 35.5 Å². The van der Waals surface area contributed by atoms with Gasteiger partial charge < -0.3 is 5.32 Å². The lowest BCUT2D eigenvalue weighted by atomic mass is 10.2. The van der Waals surface area contributed by atoms with Crippen LogP contribution in [-0.2, 0) is 5.75 Å². The summed E-state index contributed by atoms with van der Waals surface area (Å²) in [4.78, 5) is 4.40. The van der Waals surface area contributed by atoms with E-state index in [1.54, 1.807) is 11.8 Å². The van der Waals surface area contributed by atoms with Gasteiger partial charge in [-0.25, -0.2) is 0 Å². The number of benzene rings is 1. The Kier molecular flexibility index (Phi) is 6.03. The number of aliphatic imine (C=N–C) groups is 1. The summed E-state index contributed by atoms with van der Waals surface area (Å²) in [5.74, 6) is 0.947. The molecule has 0 aromatic heterocycles. The summed E-state index contributed by atoms with van der Waals surface area (Å²) in [5.41, 5.74) is 1.28. The molecule has 1 heterocycles. The van der Waals surface area contributed by atoms with E-state index < -0.39 is 0 Å². The minimum absolute atomic E-state index is 0. The number of amidine groups is 1. The number of halogens is 2. The van der Waals surface area contributed by atoms with E-state index >= 15 is 0 Å². The van der Waals surface area contributed by atoms with E-state index in [1.807, 2.05) is 12.1 Å². The number of hydrogen-bond acceptors (Lipinski definition) is 3. The third-order valence-corrected chi connectivity index (χ3v) is 3.43. The molecule has 0 bridgehead atoms. The van der Waals surface area contributed by atoms with Crippen LogP contribution in [0.15, 0.2) is 29.3 Å². The van der Waals surface area contributed by atoms with Crippen LogP contribution >= 0.6 is 35.8 Å². The maximum absolute atomic E-state index is 5.82. The summed E-state index contributed by atoms with van der Waals surface area (Å²) in [6.07, 6.45) is 1.14. The molecule has 1 aliphatic rings. The zero-order chi connectivity index (χ0) is 10.5. The van der Waals surface area contributed by atoms with Gasteiger partial charge in [-0.15, -0.1) is 12.4 Å². The quantitative estimate of drug-likeness (QED) is 0.896. The van der Waals surface area contributed by atoms with Crippen LogP contribution in [0.4, 0.5) is 0 Å². The van der Waals surface area contributed by atoms with E-state index in [-0.39, 0.29) is 12.4 Å². The SMILES string of the molecule is Cl.Clc1ccc(CSC2=NCCCN2)cc1. The molecule has 1 aromatic rings. The first-order valence-electron chi connectivity index (χ1n) is 5.00. The molecule has 16 heavy (non-hydrogen) atoms. The van der Waals surface area contributed by atoms with Crippen LogP contribution in [0.1, 0.15) is 12.0 Å². The third-order valence-electron chi connectivity index (χ3n) is 2.16. The average Bonchev–Trinajstić information content (AvgIpc) is 2.30. The van der Waals surface area contributed by atoms with Crippen LogP contribution in [0.2, 0.25) is 5.02 Å². The molecular formula is C11H14Cl2N2S. The maximum Gasteiger partial charge on any atom is 0.156 e. The van der Waals surface area contributed by atoms with Crippen molar-refractivity contribution in [2.24, 2.45) is 4.99 Å². The first kappa shape index (κ1) is 13.7. The third kappa shape index (κ3) is 4.24. The summed E-state index contributed by atoms with van der Waals surface area (Å²) in [7, 11) is 0. The van der Waals surface area contributed by atoms with E-state index in [9.17, 15) is 0 Å². The number of thioether (sulfide) groups is 1. The average molecular weight is 277 g/mol. The molecule has 5 heteroatoms. The van der Waals surface area contributed by atoms with E-state index in [0.717, 1.165) is 35.5 Å². The summed E-state index contributed by atoms with van der Waals surface area (Å²) in [5, 5.41) is 5.14. The highest BCUT2D eigenvalue weighted by molar-refractivity contribution is 8.13. The van der Waals surface area contributed by atoms with Gasteiger partial charge in [0.25, 0.3) is 0 Å². The van der Waals surface area contributed by atoms with Crippen molar-refractivity contribution in [1.82, 2.24) is 5.32 Å². The Morgan fingerprint density at radius 1 is 1.31 bits per heavy atom. The monoisotopic (exact) mass is 276 g/mol. The highest BCUT2D eigenvalue weighted by Crippen LogP contribution is 2.16. The van der Waals surface area contributed by atoms with Crippen molar-refractivity contribution in [3.05, 3.63) is 34.9 Å². The zero-order valence-electron chi connectivity index (χ0n) is 8.78. The molecular weight excluding hydrogens is 263 g/mol. The normalized spacial score (nSPS) is 14.7. The molecule has 1 aromatic carbocycles. The predicted octanol–water partition coefficient (Wildman–Crippen LogP) is 3.34. The van der Waals surface area contributed by atoms with E-state index in [4.69, 9.17) is 11.6 Å². The first-order chi connectivity index (χ1) is 7.34. The van der Waals surface area contributed by atoms with Gasteiger partial charge in [0.1, 0.15) is 0 Å². The molecule has 0 saturated carbocycles.